The minimum absolute atomic E-state index is 0. The van der Waals surface area contributed by atoms with Gasteiger partial charge in [0.15, 0.2) is 11.8 Å². The molecular weight excluding hydrogens is 495 g/mol. The van der Waals surface area contributed by atoms with E-state index < -0.39 is 0 Å². The Bertz CT molecular complexity index is 919. The Balaban J connectivity index is 0.00000320. The number of fused-ring (bicyclic) bond motifs is 1. The van der Waals surface area contributed by atoms with Crippen molar-refractivity contribution in [1.82, 2.24) is 25.4 Å². The second kappa shape index (κ2) is 11.9. The fourth-order valence-electron chi connectivity index (χ4n) is 2.91. The lowest BCUT2D eigenvalue weighted by atomic mass is 10.2. The van der Waals surface area contributed by atoms with E-state index >= 15 is 0 Å². The molecule has 0 aliphatic carbocycles. The summed E-state index contributed by atoms with van der Waals surface area (Å²) in [6, 6.07) is 10.0. The molecule has 0 bridgehead atoms. The fraction of sp³-hybridized carbons (Fsp3) is 0.476. The lowest BCUT2D eigenvalue weighted by Crippen LogP contribution is -2.39. The summed E-state index contributed by atoms with van der Waals surface area (Å²) in [6.45, 7) is 8.63. The van der Waals surface area contributed by atoms with Crippen molar-refractivity contribution in [2.24, 2.45) is 12.0 Å². The van der Waals surface area contributed by atoms with Gasteiger partial charge in [-0.15, -0.1) is 34.2 Å². The number of ether oxygens (including phenoxy) is 1. The standard InChI is InChI=1S/C21H30N6O2.HI/c1-5-28-12-8-11-22-21(23-14-20-26-25-16(3)27(20)4)24-15(2)19-13-17-9-6-7-10-18(17)29-19;/h6-7,9-10,13,15H,5,8,11-12,14H2,1-4H3,(H2,22,23,24);1H. The van der Waals surface area contributed by atoms with Crippen molar-refractivity contribution in [2.45, 2.75) is 39.8 Å². The zero-order valence-electron chi connectivity index (χ0n) is 18.0. The smallest absolute Gasteiger partial charge is 0.192 e. The van der Waals surface area contributed by atoms with Gasteiger partial charge in [0.25, 0.3) is 0 Å². The van der Waals surface area contributed by atoms with Gasteiger partial charge in [-0.25, -0.2) is 4.99 Å². The summed E-state index contributed by atoms with van der Waals surface area (Å²) < 4.78 is 13.3. The first-order valence-electron chi connectivity index (χ1n) is 10.0. The van der Waals surface area contributed by atoms with Crippen LogP contribution in [0.3, 0.4) is 0 Å². The van der Waals surface area contributed by atoms with E-state index in [4.69, 9.17) is 14.1 Å². The fourth-order valence-corrected chi connectivity index (χ4v) is 2.91. The van der Waals surface area contributed by atoms with Crippen molar-refractivity contribution < 1.29 is 9.15 Å². The van der Waals surface area contributed by atoms with Gasteiger partial charge in [0.1, 0.15) is 23.7 Å². The highest BCUT2D eigenvalue weighted by molar-refractivity contribution is 14.0. The molecule has 0 saturated heterocycles. The summed E-state index contributed by atoms with van der Waals surface area (Å²) in [5.41, 5.74) is 0.883. The maximum atomic E-state index is 5.98. The number of guanidine groups is 1. The summed E-state index contributed by atoms with van der Waals surface area (Å²) in [7, 11) is 1.94. The SMILES string of the molecule is CCOCCCNC(=NCc1nnc(C)n1C)NC(C)c1cc2ccccc2o1.I. The number of hydrogen-bond donors (Lipinski definition) is 2. The van der Waals surface area contributed by atoms with Crippen LogP contribution in [0.2, 0.25) is 0 Å². The largest absolute Gasteiger partial charge is 0.459 e. The van der Waals surface area contributed by atoms with Gasteiger partial charge in [0.05, 0.1) is 6.04 Å². The van der Waals surface area contributed by atoms with E-state index in [-0.39, 0.29) is 30.0 Å². The number of halogens is 1. The van der Waals surface area contributed by atoms with Crippen LogP contribution in [0.25, 0.3) is 11.0 Å². The molecule has 1 atom stereocenters. The van der Waals surface area contributed by atoms with Gasteiger partial charge in [-0.05, 0) is 39.3 Å². The van der Waals surface area contributed by atoms with Crippen LogP contribution in [0.1, 0.15) is 43.7 Å². The van der Waals surface area contributed by atoms with Crippen molar-refractivity contribution >= 4 is 40.9 Å². The van der Waals surface area contributed by atoms with Gasteiger partial charge in [0.2, 0.25) is 0 Å². The number of para-hydroxylation sites is 1. The molecule has 0 amide bonds. The highest BCUT2D eigenvalue weighted by Crippen LogP contribution is 2.23. The van der Waals surface area contributed by atoms with Gasteiger partial charge in [-0.3, -0.25) is 0 Å². The second-order valence-electron chi connectivity index (χ2n) is 6.92. The van der Waals surface area contributed by atoms with Crippen molar-refractivity contribution in [3.8, 4) is 0 Å². The van der Waals surface area contributed by atoms with Gasteiger partial charge < -0.3 is 24.4 Å². The van der Waals surface area contributed by atoms with Crippen LogP contribution in [0.4, 0.5) is 0 Å². The highest BCUT2D eigenvalue weighted by Gasteiger charge is 2.14. The molecule has 0 aliphatic heterocycles. The van der Waals surface area contributed by atoms with Crippen LogP contribution in [-0.2, 0) is 18.3 Å². The first-order valence-corrected chi connectivity index (χ1v) is 10.0. The molecule has 0 aliphatic rings. The van der Waals surface area contributed by atoms with E-state index in [0.29, 0.717) is 12.5 Å². The Hall–Kier alpha value is -2.14. The predicted molar refractivity (Wildman–Crippen MR) is 129 cm³/mol. The molecule has 2 N–H and O–H groups in total. The van der Waals surface area contributed by atoms with Crippen molar-refractivity contribution in [1.29, 1.82) is 0 Å². The Morgan fingerprint density at radius 1 is 1.30 bits per heavy atom. The van der Waals surface area contributed by atoms with Crippen molar-refractivity contribution in [2.75, 3.05) is 19.8 Å². The number of aromatic nitrogens is 3. The first kappa shape index (κ1) is 24.1. The number of furan rings is 1. The monoisotopic (exact) mass is 526 g/mol. The zero-order valence-corrected chi connectivity index (χ0v) is 20.3. The van der Waals surface area contributed by atoms with Crippen LogP contribution in [0.5, 0.6) is 0 Å². The van der Waals surface area contributed by atoms with E-state index in [1.54, 1.807) is 0 Å². The Labute approximate surface area is 194 Å². The third-order valence-electron chi connectivity index (χ3n) is 4.75. The number of hydrogen-bond acceptors (Lipinski definition) is 5. The number of aliphatic imine (C=N–C) groups is 1. The molecule has 0 radical (unpaired) electrons. The number of aryl methyl sites for hydroxylation is 1. The topological polar surface area (TPSA) is 89.5 Å². The molecule has 0 spiro atoms. The summed E-state index contributed by atoms with van der Waals surface area (Å²) in [5.74, 6) is 3.25. The molecule has 3 aromatic rings. The quantitative estimate of drug-likeness (QED) is 0.191. The average Bonchev–Trinajstić information content (AvgIpc) is 3.29. The molecular formula is C21H31IN6O2. The van der Waals surface area contributed by atoms with Gasteiger partial charge in [-0.1, -0.05) is 18.2 Å². The predicted octanol–water partition coefficient (Wildman–Crippen LogP) is 3.71. The lowest BCUT2D eigenvalue weighted by molar-refractivity contribution is 0.145. The number of nitrogens with zero attached hydrogens (tertiary/aromatic N) is 4. The van der Waals surface area contributed by atoms with Crippen molar-refractivity contribution in [3.63, 3.8) is 0 Å². The van der Waals surface area contributed by atoms with E-state index in [2.05, 4.69) is 33.8 Å². The van der Waals surface area contributed by atoms with E-state index in [0.717, 1.165) is 54.6 Å². The summed E-state index contributed by atoms with van der Waals surface area (Å²) in [6.07, 6.45) is 0.899. The van der Waals surface area contributed by atoms with E-state index in [9.17, 15) is 0 Å². The van der Waals surface area contributed by atoms with E-state index in [1.807, 2.05) is 49.7 Å². The molecule has 1 aromatic carbocycles. The van der Waals surface area contributed by atoms with Crippen LogP contribution in [0, 0.1) is 6.92 Å². The molecule has 8 nitrogen and oxygen atoms in total. The van der Waals surface area contributed by atoms with Crippen LogP contribution in [-0.4, -0.2) is 40.5 Å². The second-order valence-corrected chi connectivity index (χ2v) is 6.92. The summed E-state index contributed by atoms with van der Waals surface area (Å²) >= 11 is 0. The summed E-state index contributed by atoms with van der Waals surface area (Å²) in [5, 5.41) is 16.2. The molecule has 2 aromatic heterocycles. The van der Waals surface area contributed by atoms with Crippen LogP contribution < -0.4 is 10.6 Å². The van der Waals surface area contributed by atoms with E-state index in [1.165, 1.54) is 0 Å². The molecule has 30 heavy (non-hydrogen) atoms. The highest BCUT2D eigenvalue weighted by atomic mass is 127. The maximum Gasteiger partial charge on any atom is 0.192 e. The molecule has 3 rings (SSSR count). The number of nitrogens with one attached hydrogen (secondary N) is 2. The average molecular weight is 526 g/mol. The lowest BCUT2D eigenvalue weighted by Gasteiger charge is -2.17. The van der Waals surface area contributed by atoms with Gasteiger partial charge >= 0.3 is 0 Å². The van der Waals surface area contributed by atoms with Crippen molar-refractivity contribution in [3.05, 3.63) is 47.7 Å². The van der Waals surface area contributed by atoms with Gasteiger partial charge in [0, 0.05) is 32.2 Å². The normalized spacial score (nSPS) is 12.6. The molecule has 1 unspecified atom stereocenters. The third kappa shape index (κ3) is 6.43. The Morgan fingerprint density at radius 3 is 2.80 bits per heavy atom. The van der Waals surface area contributed by atoms with Crippen LogP contribution in [0.15, 0.2) is 39.7 Å². The molecule has 9 heteroatoms. The summed E-state index contributed by atoms with van der Waals surface area (Å²) in [4.78, 5) is 4.69. The number of benzene rings is 1. The molecule has 2 heterocycles. The van der Waals surface area contributed by atoms with Gasteiger partial charge in [-0.2, -0.15) is 0 Å². The molecule has 164 valence electrons. The first-order chi connectivity index (χ1) is 14.1. The zero-order chi connectivity index (χ0) is 20.6. The Morgan fingerprint density at radius 2 is 2.10 bits per heavy atom. The third-order valence-corrected chi connectivity index (χ3v) is 4.75. The molecule has 0 fully saturated rings. The van der Waals surface area contributed by atoms with Crippen LogP contribution >= 0.6 is 24.0 Å². The Kier molecular flexibility index (Phi) is 9.57. The molecule has 0 saturated carbocycles. The minimum atomic E-state index is -0.0400. The minimum Gasteiger partial charge on any atom is -0.459 e. The number of rotatable bonds is 9. The maximum absolute atomic E-state index is 5.98.